The summed E-state index contributed by atoms with van der Waals surface area (Å²) < 4.78 is 21.8. The highest BCUT2D eigenvalue weighted by atomic mass is 16.7. The Labute approximate surface area is 193 Å². The van der Waals surface area contributed by atoms with E-state index >= 15 is 0 Å². The van der Waals surface area contributed by atoms with E-state index in [1.807, 2.05) is 30.3 Å². The van der Waals surface area contributed by atoms with Crippen molar-refractivity contribution in [3.63, 3.8) is 0 Å². The van der Waals surface area contributed by atoms with Gasteiger partial charge in [0.1, 0.15) is 11.3 Å². The molecule has 0 saturated carbocycles. The van der Waals surface area contributed by atoms with Crippen molar-refractivity contribution in [2.24, 2.45) is 0 Å². The molecule has 170 valence electrons. The molecule has 1 amide bonds. The lowest BCUT2D eigenvalue weighted by molar-refractivity contribution is -0.119. The van der Waals surface area contributed by atoms with Crippen LogP contribution in [0.5, 0.6) is 11.5 Å². The van der Waals surface area contributed by atoms with E-state index in [2.05, 4.69) is 5.32 Å². The average Bonchev–Trinajstić information content (AvgIpc) is 3.33. The van der Waals surface area contributed by atoms with Gasteiger partial charge in [-0.25, -0.2) is 4.79 Å². The number of anilines is 1. The van der Waals surface area contributed by atoms with E-state index in [9.17, 15) is 14.4 Å². The smallest absolute Gasteiger partial charge is 0.342 e. The van der Waals surface area contributed by atoms with Crippen molar-refractivity contribution in [3.05, 3.63) is 88.1 Å². The van der Waals surface area contributed by atoms with Gasteiger partial charge in [-0.3, -0.25) is 9.59 Å². The SMILES string of the molecule is Cc1c(-c2ccccc2)oc2c(C(=O)OCC(=O)Nc3ccc4c(c3)OCO4)cccc2c1=O. The predicted molar refractivity (Wildman–Crippen MR) is 124 cm³/mol. The highest BCUT2D eigenvalue weighted by Gasteiger charge is 2.20. The van der Waals surface area contributed by atoms with Crippen LogP contribution < -0.4 is 20.2 Å². The number of hydrogen-bond acceptors (Lipinski definition) is 7. The lowest BCUT2D eigenvalue weighted by Crippen LogP contribution is -2.21. The second-order valence-electron chi connectivity index (χ2n) is 7.63. The van der Waals surface area contributed by atoms with Crippen LogP contribution in [0.25, 0.3) is 22.3 Å². The van der Waals surface area contributed by atoms with Gasteiger partial charge in [0.2, 0.25) is 6.79 Å². The lowest BCUT2D eigenvalue weighted by Gasteiger charge is -2.11. The van der Waals surface area contributed by atoms with Gasteiger partial charge in [0.25, 0.3) is 5.91 Å². The quantitative estimate of drug-likeness (QED) is 0.446. The number of esters is 1. The third-order valence-electron chi connectivity index (χ3n) is 5.39. The maximum absolute atomic E-state index is 13.0. The second kappa shape index (κ2) is 8.74. The molecule has 3 aromatic carbocycles. The zero-order valence-corrected chi connectivity index (χ0v) is 18.1. The van der Waals surface area contributed by atoms with Crippen molar-refractivity contribution in [2.75, 3.05) is 18.7 Å². The summed E-state index contributed by atoms with van der Waals surface area (Å²) in [6.45, 7) is 1.28. The summed E-state index contributed by atoms with van der Waals surface area (Å²) in [6.07, 6.45) is 0. The monoisotopic (exact) mass is 457 g/mol. The van der Waals surface area contributed by atoms with Crippen molar-refractivity contribution in [2.45, 2.75) is 6.92 Å². The van der Waals surface area contributed by atoms with E-state index in [0.29, 0.717) is 34.1 Å². The van der Waals surface area contributed by atoms with E-state index in [1.165, 1.54) is 6.07 Å². The number of nitrogens with one attached hydrogen (secondary N) is 1. The molecule has 4 aromatic rings. The molecule has 0 radical (unpaired) electrons. The van der Waals surface area contributed by atoms with Crippen molar-refractivity contribution < 1.29 is 28.2 Å². The molecule has 5 rings (SSSR count). The molecule has 0 atom stereocenters. The van der Waals surface area contributed by atoms with E-state index in [-0.39, 0.29) is 28.8 Å². The minimum atomic E-state index is -0.780. The number of rotatable bonds is 5. The molecule has 0 saturated heterocycles. The Kier molecular flexibility index (Phi) is 5.47. The summed E-state index contributed by atoms with van der Waals surface area (Å²) in [4.78, 5) is 38.1. The third-order valence-corrected chi connectivity index (χ3v) is 5.39. The van der Waals surface area contributed by atoms with Crippen LogP contribution in [0.3, 0.4) is 0 Å². The van der Waals surface area contributed by atoms with E-state index in [1.54, 1.807) is 37.3 Å². The van der Waals surface area contributed by atoms with Gasteiger partial charge in [-0.1, -0.05) is 36.4 Å². The molecule has 1 aromatic heterocycles. The fourth-order valence-electron chi connectivity index (χ4n) is 3.72. The molecule has 0 unspecified atom stereocenters. The number of hydrogen-bond donors (Lipinski definition) is 1. The molecule has 0 spiro atoms. The zero-order chi connectivity index (χ0) is 23.7. The molecule has 1 aliphatic heterocycles. The number of ether oxygens (including phenoxy) is 3. The first-order chi connectivity index (χ1) is 16.5. The Hall–Kier alpha value is -4.59. The molecule has 34 heavy (non-hydrogen) atoms. The van der Waals surface area contributed by atoms with E-state index < -0.39 is 18.5 Å². The van der Waals surface area contributed by atoms with Crippen LogP contribution in [0.2, 0.25) is 0 Å². The van der Waals surface area contributed by atoms with Crippen molar-refractivity contribution >= 4 is 28.5 Å². The van der Waals surface area contributed by atoms with Gasteiger partial charge in [0.05, 0.1) is 5.39 Å². The Morgan fingerprint density at radius 3 is 2.59 bits per heavy atom. The molecule has 0 fully saturated rings. The second-order valence-corrected chi connectivity index (χ2v) is 7.63. The lowest BCUT2D eigenvalue weighted by atomic mass is 10.0. The summed E-state index contributed by atoms with van der Waals surface area (Å²) >= 11 is 0. The molecular formula is C26H19NO7. The van der Waals surface area contributed by atoms with Crippen LogP contribution in [-0.4, -0.2) is 25.3 Å². The van der Waals surface area contributed by atoms with Crippen LogP contribution in [0, 0.1) is 6.92 Å². The van der Waals surface area contributed by atoms with Gasteiger partial charge in [0.15, 0.2) is 29.1 Å². The fourth-order valence-corrected chi connectivity index (χ4v) is 3.72. The van der Waals surface area contributed by atoms with Gasteiger partial charge >= 0.3 is 5.97 Å². The Morgan fingerprint density at radius 2 is 1.76 bits per heavy atom. The molecular weight excluding hydrogens is 438 g/mol. The molecule has 0 bridgehead atoms. The van der Waals surface area contributed by atoms with Gasteiger partial charge in [-0.2, -0.15) is 0 Å². The number of carbonyl (C=O) groups is 2. The third kappa shape index (κ3) is 3.97. The molecule has 2 heterocycles. The summed E-state index contributed by atoms with van der Waals surface area (Å²) in [5, 5.41) is 2.90. The van der Waals surface area contributed by atoms with Gasteiger partial charge in [-0.05, 0) is 31.2 Å². The van der Waals surface area contributed by atoms with Crippen LogP contribution in [0.4, 0.5) is 5.69 Å². The van der Waals surface area contributed by atoms with Crippen molar-refractivity contribution in [1.82, 2.24) is 0 Å². The largest absolute Gasteiger partial charge is 0.455 e. The Balaban J connectivity index is 1.37. The van der Waals surface area contributed by atoms with Crippen LogP contribution in [0.15, 0.2) is 75.9 Å². The van der Waals surface area contributed by atoms with E-state index in [4.69, 9.17) is 18.6 Å². The number of carbonyl (C=O) groups excluding carboxylic acids is 2. The molecule has 1 aliphatic rings. The maximum Gasteiger partial charge on any atom is 0.342 e. The summed E-state index contributed by atoms with van der Waals surface area (Å²) in [5.41, 5.74) is 1.55. The van der Waals surface area contributed by atoms with Crippen molar-refractivity contribution in [1.29, 1.82) is 0 Å². The molecule has 8 heteroatoms. The normalized spacial score (nSPS) is 11.9. The number of para-hydroxylation sites is 1. The van der Waals surface area contributed by atoms with Crippen LogP contribution in [0.1, 0.15) is 15.9 Å². The fraction of sp³-hybridized carbons (Fsp3) is 0.115. The zero-order valence-electron chi connectivity index (χ0n) is 18.1. The molecule has 0 aliphatic carbocycles. The first-order valence-electron chi connectivity index (χ1n) is 10.5. The van der Waals surface area contributed by atoms with Gasteiger partial charge < -0.3 is 23.9 Å². The van der Waals surface area contributed by atoms with Crippen LogP contribution in [-0.2, 0) is 9.53 Å². The maximum atomic E-state index is 13.0. The number of amides is 1. The van der Waals surface area contributed by atoms with Crippen LogP contribution >= 0.6 is 0 Å². The van der Waals surface area contributed by atoms with Gasteiger partial charge in [-0.15, -0.1) is 0 Å². The summed E-state index contributed by atoms with van der Waals surface area (Å²) in [7, 11) is 0. The number of benzene rings is 3. The highest BCUT2D eigenvalue weighted by Crippen LogP contribution is 2.34. The molecule has 1 N–H and O–H groups in total. The highest BCUT2D eigenvalue weighted by molar-refractivity contribution is 6.03. The van der Waals surface area contributed by atoms with Gasteiger partial charge in [0, 0.05) is 22.9 Å². The topological polar surface area (TPSA) is 104 Å². The predicted octanol–water partition coefficient (Wildman–Crippen LogP) is 4.29. The Bertz CT molecular complexity index is 1470. The Morgan fingerprint density at radius 1 is 0.971 bits per heavy atom. The average molecular weight is 457 g/mol. The van der Waals surface area contributed by atoms with E-state index in [0.717, 1.165) is 0 Å². The first kappa shape index (κ1) is 21.3. The standard InChI is InChI=1S/C26H19NO7/c1-15-23(29)18-8-5-9-19(25(18)34-24(15)16-6-3-2-4-7-16)26(30)31-13-22(28)27-17-10-11-20-21(12-17)33-14-32-20/h2-12H,13-14H2,1H3,(H,27,28). The minimum absolute atomic E-state index is 0.0580. The summed E-state index contributed by atoms with van der Waals surface area (Å²) in [5.74, 6) is 0.170. The molecule has 8 nitrogen and oxygen atoms in total. The summed E-state index contributed by atoms with van der Waals surface area (Å²) in [6, 6.07) is 18.8. The number of fused-ring (bicyclic) bond motifs is 2. The van der Waals surface area contributed by atoms with Crippen molar-refractivity contribution in [3.8, 4) is 22.8 Å². The first-order valence-corrected chi connectivity index (χ1v) is 10.5. The minimum Gasteiger partial charge on any atom is -0.455 e.